The third-order valence-corrected chi connectivity index (χ3v) is 4.06. The van der Waals surface area contributed by atoms with Crippen LogP contribution in [0.3, 0.4) is 0 Å². The molecule has 0 spiro atoms. The molecule has 0 saturated carbocycles. The first-order valence-electron chi connectivity index (χ1n) is 7.92. The molecule has 27 heavy (non-hydrogen) atoms. The van der Waals surface area contributed by atoms with Crippen LogP contribution in [0.25, 0.3) is 0 Å². The van der Waals surface area contributed by atoms with Gasteiger partial charge < -0.3 is 4.84 Å². The van der Waals surface area contributed by atoms with Crippen LogP contribution >= 0.6 is 0 Å². The highest BCUT2D eigenvalue weighted by Crippen LogP contribution is 2.33. The number of carbonyl (C=O) groups excluding carboxylic acids is 1. The lowest BCUT2D eigenvalue weighted by atomic mass is 9.98. The summed E-state index contributed by atoms with van der Waals surface area (Å²) in [6, 6.07) is 14.4. The average Bonchev–Trinajstić information content (AvgIpc) is 3.12. The van der Waals surface area contributed by atoms with Gasteiger partial charge in [-0.15, -0.1) is 10.1 Å². The van der Waals surface area contributed by atoms with Gasteiger partial charge in [-0.05, 0) is 11.1 Å². The molecule has 2 aromatic carbocycles. The standard InChI is InChI=1S/C17H14N4O6/c22-17(11-27-21(25)26)19-16(13-6-8-14(9-7-13)20(23)24)10-15(18-19)12-4-2-1-3-5-12/h1-9,16H,10-11H2. The number of rotatable bonds is 6. The average molecular weight is 370 g/mol. The van der Waals surface area contributed by atoms with Gasteiger partial charge in [0.1, 0.15) is 0 Å². The van der Waals surface area contributed by atoms with Gasteiger partial charge >= 0.3 is 0 Å². The van der Waals surface area contributed by atoms with Crippen molar-refractivity contribution in [3.8, 4) is 0 Å². The van der Waals surface area contributed by atoms with Gasteiger partial charge in [-0.2, -0.15) is 5.10 Å². The molecule has 1 aliphatic rings. The summed E-state index contributed by atoms with van der Waals surface area (Å²) in [6.45, 7) is -0.762. The van der Waals surface area contributed by atoms with Crippen LogP contribution < -0.4 is 0 Å². The SMILES string of the molecule is O=C(CO[N+](=O)[O-])N1N=C(c2ccccc2)CC1c1ccc([N+](=O)[O-])cc1. The van der Waals surface area contributed by atoms with Gasteiger partial charge in [-0.3, -0.25) is 14.9 Å². The summed E-state index contributed by atoms with van der Waals surface area (Å²) in [5, 5.41) is 25.6. The molecular formula is C17H14N4O6. The Morgan fingerprint density at radius 3 is 2.37 bits per heavy atom. The highest BCUT2D eigenvalue weighted by atomic mass is 16.9. The molecule has 1 unspecified atom stereocenters. The monoisotopic (exact) mass is 370 g/mol. The van der Waals surface area contributed by atoms with E-state index in [4.69, 9.17) is 0 Å². The van der Waals surface area contributed by atoms with E-state index in [0.29, 0.717) is 17.7 Å². The van der Waals surface area contributed by atoms with Crippen LogP contribution in [0.5, 0.6) is 0 Å². The lowest BCUT2D eigenvalue weighted by molar-refractivity contribution is -0.754. The minimum atomic E-state index is -1.04. The van der Waals surface area contributed by atoms with Crippen LogP contribution in [-0.4, -0.2) is 33.2 Å². The topological polar surface area (TPSA) is 128 Å². The van der Waals surface area contributed by atoms with E-state index < -0.39 is 28.6 Å². The minimum absolute atomic E-state index is 0.0736. The molecule has 0 radical (unpaired) electrons. The molecular weight excluding hydrogens is 356 g/mol. The molecule has 138 valence electrons. The van der Waals surface area contributed by atoms with Crippen molar-refractivity contribution in [3.63, 3.8) is 0 Å². The van der Waals surface area contributed by atoms with Gasteiger partial charge in [0.15, 0.2) is 6.61 Å². The van der Waals surface area contributed by atoms with Gasteiger partial charge in [0.2, 0.25) is 0 Å². The molecule has 0 fully saturated rings. The molecule has 0 N–H and O–H groups in total. The highest BCUT2D eigenvalue weighted by molar-refractivity contribution is 6.03. The van der Waals surface area contributed by atoms with Crippen LogP contribution in [0.15, 0.2) is 59.7 Å². The van der Waals surface area contributed by atoms with Gasteiger partial charge in [-0.25, -0.2) is 5.01 Å². The zero-order valence-corrected chi connectivity index (χ0v) is 13.9. The molecule has 1 atom stereocenters. The molecule has 1 heterocycles. The Hall–Kier alpha value is -3.82. The second-order valence-corrected chi connectivity index (χ2v) is 5.72. The van der Waals surface area contributed by atoms with E-state index >= 15 is 0 Å². The number of non-ortho nitro benzene ring substituents is 1. The van der Waals surface area contributed by atoms with Gasteiger partial charge in [0.05, 0.1) is 16.7 Å². The van der Waals surface area contributed by atoms with E-state index in [2.05, 4.69) is 9.94 Å². The van der Waals surface area contributed by atoms with Crippen LogP contribution in [-0.2, 0) is 9.63 Å². The molecule has 1 aliphatic heterocycles. The van der Waals surface area contributed by atoms with E-state index in [1.807, 2.05) is 30.3 Å². The fraction of sp³-hybridized carbons (Fsp3) is 0.176. The first-order chi connectivity index (χ1) is 13.0. The Labute approximate surface area is 152 Å². The Morgan fingerprint density at radius 2 is 1.78 bits per heavy atom. The molecule has 1 amide bonds. The van der Waals surface area contributed by atoms with Gasteiger partial charge in [-0.1, -0.05) is 42.5 Å². The smallest absolute Gasteiger partial charge is 0.295 e. The molecule has 0 bridgehead atoms. The summed E-state index contributed by atoms with van der Waals surface area (Å²) < 4.78 is 0. The maximum atomic E-state index is 12.4. The minimum Gasteiger partial charge on any atom is -0.304 e. The molecule has 0 aliphatic carbocycles. The number of hydrogen-bond acceptors (Lipinski definition) is 7. The number of amides is 1. The number of carbonyl (C=O) groups is 1. The fourth-order valence-corrected chi connectivity index (χ4v) is 2.80. The van der Waals surface area contributed by atoms with Crippen molar-refractivity contribution >= 4 is 17.3 Å². The van der Waals surface area contributed by atoms with Gasteiger partial charge in [0, 0.05) is 18.6 Å². The predicted octanol–water partition coefficient (Wildman–Crippen LogP) is 2.48. The summed E-state index contributed by atoms with van der Waals surface area (Å²) >= 11 is 0. The summed E-state index contributed by atoms with van der Waals surface area (Å²) in [5.74, 6) is -0.680. The van der Waals surface area contributed by atoms with E-state index in [1.165, 1.54) is 12.1 Å². The van der Waals surface area contributed by atoms with Crippen molar-refractivity contribution < 1.29 is 19.6 Å². The summed E-state index contributed by atoms with van der Waals surface area (Å²) in [5.41, 5.74) is 2.00. The van der Waals surface area contributed by atoms with Crippen LogP contribution in [0, 0.1) is 20.2 Å². The van der Waals surface area contributed by atoms with E-state index in [0.717, 1.165) is 10.6 Å². The van der Waals surface area contributed by atoms with Gasteiger partial charge in [0.25, 0.3) is 16.7 Å². The number of nitrogens with zero attached hydrogens (tertiary/aromatic N) is 4. The van der Waals surface area contributed by atoms with E-state index in [9.17, 15) is 25.0 Å². The first-order valence-corrected chi connectivity index (χ1v) is 7.92. The number of hydrazone groups is 1. The van der Waals surface area contributed by atoms with E-state index in [-0.39, 0.29) is 5.69 Å². The first kappa shape index (κ1) is 18.0. The molecule has 10 nitrogen and oxygen atoms in total. The fourth-order valence-electron chi connectivity index (χ4n) is 2.80. The molecule has 0 aromatic heterocycles. The second-order valence-electron chi connectivity index (χ2n) is 5.72. The normalized spacial score (nSPS) is 15.9. The number of nitro groups is 1. The van der Waals surface area contributed by atoms with Crippen LogP contribution in [0.1, 0.15) is 23.6 Å². The lowest BCUT2D eigenvalue weighted by Crippen LogP contribution is -2.31. The highest BCUT2D eigenvalue weighted by Gasteiger charge is 2.33. The third-order valence-electron chi connectivity index (χ3n) is 4.06. The van der Waals surface area contributed by atoms with Crippen molar-refractivity contribution in [3.05, 3.63) is 86.0 Å². The summed E-state index contributed by atoms with van der Waals surface area (Å²) in [4.78, 5) is 37.2. The Morgan fingerprint density at radius 1 is 1.11 bits per heavy atom. The number of benzene rings is 2. The van der Waals surface area contributed by atoms with Crippen molar-refractivity contribution in [1.82, 2.24) is 5.01 Å². The lowest BCUT2D eigenvalue weighted by Gasteiger charge is -2.21. The number of nitro benzene ring substituents is 1. The zero-order valence-electron chi connectivity index (χ0n) is 13.9. The summed E-state index contributed by atoms with van der Waals surface area (Å²) in [6.07, 6.45) is 0.367. The third kappa shape index (κ3) is 4.06. The number of hydrogen-bond donors (Lipinski definition) is 0. The van der Waals surface area contributed by atoms with Crippen molar-refractivity contribution in [2.75, 3.05) is 6.61 Å². The molecule has 10 heteroatoms. The van der Waals surface area contributed by atoms with Crippen LogP contribution in [0.2, 0.25) is 0 Å². The molecule has 2 aromatic rings. The van der Waals surface area contributed by atoms with Crippen LogP contribution in [0.4, 0.5) is 5.69 Å². The van der Waals surface area contributed by atoms with E-state index in [1.54, 1.807) is 12.1 Å². The Bertz CT molecular complexity index is 897. The summed E-state index contributed by atoms with van der Waals surface area (Å²) in [7, 11) is 0. The maximum absolute atomic E-state index is 12.4. The van der Waals surface area contributed by atoms with Crippen molar-refractivity contribution in [2.24, 2.45) is 5.10 Å². The Balaban J connectivity index is 1.89. The molecule has 0 saturated heterocycles. The quantitative estimate of drug-likeness (QED) is 0.567. The predicted molar refractivity (Wildman–Crippen MR) is 93.2 cm³/mol. The largest absolute Gasteiger partial charge is 0.304 e. The maximum Gasteiger partial charge on any atom is 0.295 e. The molecule has 3 rings (SSSR count). The second kappa shape index (κ2) is 7.60. The van der Waals surface area contributed by atoms with Crippen molar-refractivity contribution in [1.29, 1.82) is 0 Å². The van der Waals surface area contributed by atoms with Crippen molar-refractivity contribution in [2.45, 2.75) is 12.5 Å². The Kier molecular flexibility index (Phi) is 5.06. The zero-order chi connectivity index (χ0) is 19.4.